The van der Waals surface area contributed by atoms with Crippen LogP contribution in [0.4, 0.5) is 0 Å². The van der Waals surface area contributed by atoms with Gasteiger partial charge in [-0.05, 0) is 25.8 Å². The second kappa shape index (κ2) is 8.78. The van der Waals surface area contributed by atoms with E-state index in [0.29, 0.717) is 18.4 Å². The van der Waals surface area contributed by atoms with Crippen LogP contribution in [0.2, 0.25) is 0 Å². The van der Waals surface area contributed by atoms with Crippen molar-refractivity contribution in [2.24, 2.45) is 0 Å². The third-order valence-electron chi connectivity index (χ3n) is 2.86. The minimum absolute atomic E-state index is 0.0820. The molecule has 0 aromatic carbocycles. The van der Waals surface area contributed by atoms with Gasteiger partial charge in [0.25, 0.3) is 5.91 Å². The predicted octanol–water partition coefficient (Wildman–Crippen LogP) is 1.16. The molecular weight excluding hydrogens is 276 g/mol. The van der Waals surface area contributed by atoms with Gasteiger partial charge in [-0.3, -0.25) is 14.4 Å². The monoisotopic (exact) mass is 296 g/mol. The molecule has 116 valence electrons. The Balaban J connectivity index is 2.13. The van der Waals surface area contributed by atoms with Gasteiger partial charge >= 0.3 is 5.97 Å². The topological polar surface area (TPSA) is 109 Å². The van der Waals surface area contributed by atoms with Crippen molar-refractivity contribution < 1.29 is 23.9 Å². The van der Waals surface area contributed by atoms with Crippen LogP contribution in [0.25, 0.3) is 0 Å². The Kier molecular flexibility index (Phi) is 7.00. The summed E-state index contributed by atoms with van der Waals surface area (Å²) in [5, 5.41) is 13.9. The number of hydrogen-bond donors (Lipinski definition) is 3. The van der Waals surface area contributed by atoms with Gasteiger partial charge in [0.05, 0.1) is 11.8 Å². The highest BCUT2D eigenvalue weighted by atomic mass is 16.4. The van der Waals surface area contributed by atoms with E-state index in [1.165, 1.54) is 12.5 Å². The summed E-state index contributed by atoms with van der Waals surface area (Å²) < 4.78 is 4.79. The molecule has 1 aromatic rings. The van der Waals surface area contributed by atoms with Gasteiger partial charge < -0.3 is 20.2 Å². The largest absolute Gasteiger partial charge is 0.481 e. The van der Waals surface area contributed by atoms with E-state index in [4.69, 9.17) is 9.52 Å². The van der Waals surface area contributed by atoms with Crippen LogP contribution in [-0.4, -0.2) is 35.5 Å². The van der Waals surface area contributed by atoms with Crippen molar-refractivity contribution >= 4 is 17.8 Å². The number of carboxylic acids is 1. The zero-order chi connectivity index (χ0) is 15.7. The molecule has 0 fully saturated rings. The lowest BCUT2D eigenvalue weighted by atomic mass is 10.1. The van der Waals surface area contributed by atoms with E-state index in [-0.39, 0.29) is 37.2 Å². The van der Waals surface area contributed by atoms with E-state index < -0.39 is 5.97 Å². The molecule has 0 bridgehead atoms. The van der Waals surface area contributed by atoms with Gasteiger partial charge in [-0.25, -0.2) is 0 Å². The predicted molar refractivity (Wildman–Crippen MR) is 74.7 cm³/mol. The van der Waals surface area contributed by atoms with E-state index in [0.717, 1.165) is 0 Å². The lowest BCUT2D eigenvalue weighted by molar-refractivity contribution is -0.137. The van der Waals surface area contributed by atoms with Crippen molar-refractivity contribution in [2.45, 2.75) is 38.6 Å². The summed E-state index contributed by atoms with van der Waals surface area (Å²) >= 11 is 0. The summed E-state index contributed by atoms with van der Waals surface area (Å²) in [7, 11) is 0. The lowest BCUT2D eigenvalue weighted by Crippen LogP contribution is -2.35. The van der Waals surface area contributed by atoms with Gasteiger partial charge in [-0.2, -0.15) is 0 Å². The fraction of sp³-hybridized carbons (Fsp3) is 0.500. The summed E-state index contributed by atoms with van der Waals surface area (Å²) in [5.74, 6) is -1.30. The van der Waals surface area contributed by atoms with Crippen LogP contribution >= 0.6 is 0 Å². The molecule has 2 amide bonds. The molecule has 0 aliphatic rings. The molecule has 1 heterocycles. The van der Waals surface area contributed by atoms with Crippen molar-refractivity contribution in [2.75, 3.05) is 6.54 Å². The first-order chi connectivity index (χ1) is 9.99. The van der Waals surface area contributed by atoms with Crippen LogP contribution < -0.4 is 10.6 Å². The van der Waals surface area contributed by atoms with Gasteiger partial charge in [0.2, 0.25) is 5.91 Å². The molecule has 7 nitrogen and oxygen atoms in total. The third kappa shape index (κ3) is 7.14. The Morgan fingerprint density at radius 3 is 2.71 bits per heavy atom. The molecule has 0 aliphatic carbocycles. The third-order valence-corrected chi connectivity index (χ3v) is 2.86. The summed E-state index contributed by atoms with van der Waals surface area (Å²) in [6, 6.07) is 1.46. The van der Waals surface area contributed by atoms with E-state index >= 15 is 0 Å². The summed E-state index contributed by atoms with van der Waals surface area (Å²) in [6.07, 6.45) is 4.14. The molecule has 0 spiro atoms. The number of nitrogens with one attached hydrogen (secondary N) is 2. The number of hydrogen-bond acceptors (Lipinski definition) is 4. The fourth-order valence-electron chi connectivity index (χ4n) is 1.76. The Morgan fingerprint density at radius 1 is 1.33 bits per heavy atom. The Hall–Kier alpha value is -2.31. The zero-order valence-electron chi connectivity index (χ0n) is 11.9. The second-order valence-corrected chi connectivity index (χ2v) is 4.77. The molecule has 0 aliphatic heterocycles. The van der Waals surface area contributed by atoms with Crippen molar-refractivity contribution in [1.82, 2.24) is 10.6 Å². The van der Waals surface area contributed by atoms with Crippen LogP contribution in [-0.2, 0) is 9.59 Å². The van der Waals surface area contributed by atoms with Crippen LogP contribution in [0, 0.1) is 0 Å². The number of amides is 2. The van der Waals surface area contributed by atoms with Crippen LogP contribution in [0.3, 0.4) is 0 Å². The second-order valence-electron chi connectivity index (χ2n) is 4.77. The number of aliphatic carboxylic acids is 1. The molecule has 1 unspecified atom stereocenters. The maximum Gasteiger partial charge on any atom is 0.303 e. The fourth-order valence-corrected chi connectivity index (χ4v) is 1.76. The Bertz CT molecular complexity index is 470. The van der Waals surface area contributed by atoms with E-state index in [9.17, 15) is 14.4 Å². The highest BCUT2D eigenvalue weighted by Gasteiger charge is 2.10. The molecule has 21 heavy (non-hydrogen) atoms. The van der Waals surface area contributed by atoms with Crippen LogP contribution in [0.5, 0.6) is 0 Å². The number of furan rings is 1. The standard InChI is InChI=1S/C14H20N2O5/c1-10(3-2-4-13(18)19)16-12(17)5-7-15-14(20)11-6-8-21-9-11/h6,8-10H,2-5,7H2,1H3,(H,15,20)(H,16,17)(H,18,19). The van der Waals surface area contributed by atoms with Gasteiger partial charge in [0, 0.05) is 25.4 Å². The Morgan fingerprint density at radius 2 is 2.10 bits per heavy atom. The number of carbonyl (C=O) groups is 3. The molecule has 1 atom stereocenters. The van der Waals surface area contributed by atoms with Gasteiger partial charge in [0.15, 0.2) is 0 Å². The number of carboxylic acid groups (broad SMARTS) is 1. The molecular formula is C14H20N2O5. The Labute approximate surface area is 122 Å². The molecule has 0 radical (unpaired) electrons. The van der Waals surface area contributed by atoms with Gasteiger partial charge in [-0.1, -0.05) is 0 Å². The van der Waals surface area contributed by atoms with Crippen molar-refractivity contribution in [3.63, 3.8) is 0 Å². The molecule has 0 saturated heterocycles. The van der Waals surface area contributed by atoms with Crippen molar-refractivity contribution in [1.29, 1.82) is 0 Å². The summed E-state index contributed by atoms with van der Waals surface area (Å²) in [6.45, 7) is 2.06. The quantitative estimate of drug-likeness (QED) is 0.633. The first-order valence-corrected chi connectivity index (χ1v) is 6.80. The highest BCUT2D eigenvalue weighted by molar-refractivity contribution is 5.94. The van der Waals surface area contributed by atoms with Gasteiger partial charge in [0.1, 0.15) is 6.26 Å². The number of rotatable bonds is 9. The summed E-state index contributed by atoms with van der Waals surface area (Å²) in [4.78, 5) is 33.5. The molecule has 3 N–H and O–H groups in total. The number of carbonyl (C=O) groups excluding carboxylic acids is 2. The maximum atomic E-state index is 11.6. The van der Waals surface area contributed by atoms with Gasteiger partial charge in [-0.15, -0.1) is 0 Å². The first kappa shape index (κ1) is 16.7. The first-order valence-electron chi connectivity index (χ1n) is 6.80. The minimum atomic E-state index is -0.838. The minimum Gasteiger partial charge on any atom is -0.481 e. The van der Waals surface area contributed by atoms with Crippen LogP contribution in [0.1, 0.15) is 43.0 Å². The van der Waals surface area contributed by atoms with Crippen LogP contribution in [0.15, 0.2) is 23.0 Å². The molecule has 7 heteroatoms. The van der Waals surface area contributed by atoms with E-state index in [1.54, 1.807) is 6.07 Å². The highest BCUT2D eigenvalue weighted by Crippen LogP contribution is 2.01. The zero-order valence-corrected chi connectivity index (χ0v) is 11.9. The van der Waals surface area contributed by atoms with E-state index in [1.807, 2.05) is 6.92 Å². The lowest BCUT2D eigenvalue weighted by Gasteiger charge is -2.13. The van der Waals surface area contributed by atoms with E-state index in [2.05, 4.69) is 10.6 Å². The smallest absolute Gasteiger partial charge is 0.303 e. The SMILES string of the molecule is CC(CCCC(=O)O)NC(=O)CCNC(=O)c1ccoc1. The average molecular weight is 296 g/mol. The maximum absolute atomic E-state index is 11.6. The normalized spacial score (nSPS) is 11.7. The van der Waals surface area contributed by atoms with Crippen molar-refractivity contribution in [3.05, 3.63) is 24.2 Å². The average Bonchev–Trinajstić information content (AvgIpc) is 2.91. The molecule has 1 aromatic heterocycles. The molecule has 0 saturated carbocycles. The molecule has 1 rings (SSSR count). The van der Waals surface area contributed by atoms with Crippen molar-refractivity contribution in [3.8, 4) is 0 Å². The summed E-state index contributed by atoms with van der Waals surface area (Å²) in [5.41, 5.74) is 0.414.